The number of hydrogen-bond donors (Lipinski definition) is 1. The molecule has 0 atom stereocenters. The Morgan fingerprint density at radius 2 is 1.75 bits per heavy atom. The van der Waals surface area contributed by atoms with Gasteiger partial charge >= 0.3 is 0 Å². The van der Waals surface area contributed by atoms with Gasteiger partial charge in [-0.15, -0.1) is 6.58 Å². The van der Waals surface area contributed by atoms with Crippen LogP contribution in [0.3, 0.4) is 0 Å². The van der Waals surface area contributed by atoms with Crippen LogP contribution < -0.4 is 9.62 Å². The van der Waals surface area contributed by atoms with Crippen molar-refractivity contribution < 1.29 is 13.2 Å². The molecule has 5 nitrogen and oxygen atoms in total. The highest BCUT2D eigenvalue weighted by molar-refractivity contribution is 7.97. The lowest BCUT2D eigenvalue weighted by atomic mass is 9.95. The first kappa shape index (κ1) is 21.9. The van der Waals surface area contributed by atoms with Crippen LogP contribution in [0.2, 0.25) is 5.02 Å². The van der Waals surface area contributed by atoms with Gasteiger partial charge in [0.15, 0.2) is 4.91 Å². The van der Waals surface area contributed by atoms with Gasteiger partial charge in [-0.1, -0.05) is 66.2 Å². The van der Waals surface area contributed by atoms with Crippen LogP contribution in [0.1, 0.15) is 16.7 Å². The summed E-state index contributed by atoms with van der Waals surface area (Å²) in [6.07, 6.45) is 1.50. The smallest absolute Gasteiger partial charge is 0.270 e. The number of fused-ring (bicyclic) bond motifs is 1. The average molecular weight is 465 g/mol. The first-order valence-electron chi connectivity index (χ1n) is 9.95. The van der Waals surface area contributed by atoms with Gasteiger partial charge in [-0.25, -0.2) is 8.42 Å². The second-order valence-electron chi connectivity index (χ2n) is 7.33. The highest BCUT2D eigenvalue weighted by Crippen LogP contribution is 2.43. The molecule has 0 aliphatic carbocycles. The fourth-order valence-electron chi connectivity index (χ4n) is 3.78. The van der Waals surface area contributed by atoms with E-state index in [1.807, 2.05) is 30.3 Å². The normalized spacial score (nSPS) is 14.6. The zero-order valence-corrected chi connectivity index (χ0v) is 19.0. The van der Waals surface area contributed by atoms with Gasteiger partial charge in [0.2, 0.25) is 0 Å². The summed E-state index contributed by atoms with van der Waals surface area (Å²) in [4.78, 5) is 13.2. The number of hydrogen-bond acceptors (Lipinski definition) is 3. The standard InChI is InChI=1S/C25H21ClN2O3S/c1-3-15-28-22-12-8-7-11-20(22)23(18-9-5-4-6-10-18)24(32(28,30)31)25(29)27-21-14-13-19(26)16-17(21)2/h3-14,16H,1,15H2,2H3,(H,27,29). The topological polar surface area (TPSA) is 66.5 Å². The molecule has 0 saturated heterocycles. The molecule has 4 rings (SSSR count). The Balaban J connectivity index is 1.98. The number of sulfonamides is 1. The number of rotatable bonds is 5. The maximum absolute atomic E-state index is 13.8. The molecular formula is C25H21ClN2O3S. The third-order valence-electron chi connectivity index (χ3n) is 5.22. The molecule has 0 unspecified atom stereocenters. The minimum absolute atomic E-state index is 0.0399. The van der Waals surface area contributed by atoms with E-state index in [-0.39, 0.29) is 11.4 Å². The molecule has 3 aromatic rings. The minimum Gasteiger partial charge on any atom is -0.321 e. The molecule has 0 bridgehead atoms. The van der Waals surface area contributed by atoms with Crippen LogP contribution in [0.25, 0.3) is 5.57 Å². The van der Waals surface area contributed by atoms with E-state index in [9.17, 15) is 13.2 Å². The van der Waals surface area contributed by atoms with E-state index in [1.54, 1.807) is 49.4 Å². The molecular weight excluding hydrogens is 444 g/mol. The van der Waals surface area contributed by atoms with Crippen molar-refractivity contribution in [1.29, 1.82) is 0 Å². The Morgan fingerprint density at radius 1 is 1.06 bits per heavy atom. The highest BCUT2D eigenvalue weighted by atomic mass is 35.5. The van der Waals surface area contributed by atoms with Crippen molar-refractivity contribution in [2.24, 2.45) is 0 Å². The van der Waals surface area contributed by atoms with E-state index in [0.717, 1.165) is 5.56 Å². The predicted molar refractivity (Wildman–Crippen MR) is 130 cm³/mol. The molecule has 0 saturated carbocycles. The first-order chi connectivity index (χ1) is 15.3. The zero-order valence-electron chi connectivity index (χ0n) is 17.4. The Kier molecular flexibility index (Phi) is 5.91. The third kappa shape index (κ3) is 3.83. The third-order valence-corrected chi connectivity index (χ3v) is 7.28. The molecule has 1 N–H and O–H groups in total. The number of amides is 1. The van der Waals surface area contributed by atoms with Gasteiger partial charge in [0.05, 0.1) is 12.2 Å². The summed E-state index contributed by atoms with van der Waals surface area (Å²) in [5, 5.41) is 3.30. The largest absolute Gasteiger partial charge is 0.321 e. The van der Waals surface area contributed by atoms with Crippen LogP contribution in [-0.2, 0) is 14.8 Å². The van der Waals surface area contributed by atoms with E-state index in [1.165, 1.54) is 10.4 Å². The average Bonchev–Trinajstić information content (AvgIpc) is 2.77. The van der Waals surface area contributed by atoms with E-state index >= 15 is 0 Å². The summed E-state index contributed by atoms with van der Waals surface area (Å²) >= 11 is 6.03. The SMILES string of the molecule is C=CCN1c2ccccc2C(c2ccccc2)=C(C(=O)Nc2ccc(Cl)cc2C)S1(=O)=O. The molecule has 0 fully saturated rings. The molecule has 3 aromatic carbocycles. The second kappa shape index (κ2) is 8.65. The zero-order chi connectivity index (χ0) is 22.9. The monoisotopic (exact) mass is 464 g/mol. The number of halogens is 1. The van der Waals surface area contributed by atoms with Crippen molar-refractivity contribution in [2.45, 2.75) is 6.92 Å². The van der Waals surface area contributed by atoms with Gasteiger partial charge in [0.1, 0.15) is 0 Å². The van der Waals surface area contributed by atoms with Crippen LogP contribution in [0, 0.1) is 6.92 Å². The van der Waals surface area contributed by atoms with Gasteiger partial charge in [-0.2, -0.15) is 0 Å². The van der Waals surface area contributed by atoms with Gasteiger partial charge in [0, 0.05) is 21.8 Å². The summed E-state index contributed by atoms with van der Waals surface area (Å²) in [6.45, 7) is 5.53. The number of nitrogens with zero attached hydrogens (tertiary/aromatic N) is 1. The lowest BCUT2D eigenvalue weighted by Gasteiger charge is -2.32. The van der Waals surface area contributed by atoms with E-state index < -0.39 is 15.9 Å². The summed E-state index contributed by atoms with van der Waals surface area (Å²) in [7, 11) is -4.17. The summed E-state index contributed by atoms with van der Waals surface area (Å²) < 4.78 is 28.7. The molecule has 7 heteroatoms. The highest BCUT2D eigenvalue weighted by Gasteiger charge is 2.40. The summed E-state index contributed by atoms with van der Waals surface area (Å²) in [5.41, 5.74) is 3.39. The Morgan fingerprint density at radius 3 is 2.44 bits per heavy atom. The molecule has 1 amide bonds. The maximum atomic E-state index is 13.8. The number of carbonyl (C=O) groups is 1. The number of para-hydroxylation sites is 1. The van der Waals surface area contributed by atoms with E-state index in [2.05, 4.69) is 11.9 Å². The fraction of sp³-hybridized carbons (Fsp3) is 0.0800. The van der Waals surface area contributed by atoms with Crippen LogP contribution in [0.15, 0.2) is 90.4 Å². The fourth-order valence-corrected chi connectivity index (χ4v) is 5.71. The van der Waals surface area contributed by atoms with Crippen LogP contribution in [0.5, 0.6) is 0 Å². The van der Waals surface area contributed by atoms with Crippen molar-refractivity contribution in [1.82, 2.24) is 0 Å². The Labute approximate surface area is 192 Å². The van der Waals surface area contributed by atoms with Crippen LogP contribution in [-0.4, -0.2) is 20.9 Å². The molecule has 162 valence electrons. The number of aryl methyl sites for hydroxylation is 1. The van der Waals surface area contributed by atoms with Gasteiger partial charge in [0.25, 0.3) is 15.9 Å². The van der Waals surface area contributed by atoms with Crippen LogP contribution >= 0.6 is 11.6 Å². The lowest BCUT2D eigenvalue weighted by molar-refractivity contribution is -0.112. The second-order valence-corrected chi connectivity index (χ2v) is 9.56. The van der Waals surface area contributed by atoms with Gasteiger partial charge < -0.3 is 5.32 Å². The van der Waals surface area contributed by atoms with Gasteiger partial charge in [-0.3, -0.25) is 9.10 Å². The maximum Gasteiger partial charge on any atom is 0.270 e. The minimum atomic E-state index is -4.17. The van der Waals surface area contributed by atoms with Crippen molar-refractivity contribution >= 4 is 44.5 Å². The van der Waals surface area contributed by atoms with Crippen molar-refractivity contribution in [3.8, 4) is 0 Å². The van der Waals surface area contributed by atoms with E-state index in [0.29, 0.717) is 33.1 Å². The number of anilines is 2. The molecule has 32 heavy (non-hydrogen) atoms. The number of benzene rings is 3. The molecule has 1 aliphatic heterocycles. The van der Waals surface area contributed by atoms with Crippen molar-refractivity contribution in [3.05, 3.63) is 112 Å². The van der Waals surface area contributed by atoms with Crippen molar-refractivity contribution in [2.75, 3.05) is 16.2 Å². The number of carbonyl (C=O) groups excluding carboxylic acids is 1. The molecule has 1 aliphatic rings. The Bertz CT molecular complexity index is 1350. The molecule has 0 aromatic heterocycles. The van der Waals surface area contributed by atoms with Crippen LogP contribution in [0.4, 0.5) is 11.4 Å². The Hall–Kier alpha value is -3.35. The lowest BCUT2D eigenvalue weighted by Crippen LogP contribution is -2.39. The molecule has 0 spiro atoms. The molecule has 0 radical (unpaired) electrons. The summed E-state index contributed by atoms with van der Waals surface area (Å²) in [6, 6.07) is 21.2. The van der Waals surface area contributed by atoms with Gasteiger partial charge in [-0.05, 0) is 42.3 Å². The van der Waals surface area contributed by atoms with Crippen molar-refractivity contribution in [3.63, 3.8) is 0 Å². The number of nitrogens with one attached hydrogen (secondary N) is 1. The first-order valence-corrected chi connectivity index (χ1v) is 11.8. The molecule has 1 heterocycles. The predicted octanol–water partition coefficient (Wildman–Crippen LogP) is 5.38. The summed E-state index contributed by atoms with van der Waals surface area (Å²) in [5.74, 6) is -0.710. The quantitative estimate of drug-likeness (QED) is 0.515. The van der Waals surface area contributed by atoms with E-state index in [4.69, 9.17) is 11.6 Å².